The number of methoxy groups -OCH3 is 1. The first-order chi connectivity index (χ1) is 12.6. The molecule has 1 saturated carbocycles. The second-order valence-corrected chi connectivity index (χ2v) is 8.50. The van der Waals surface area contributed by atoms with Gasteiger partial charge in [-0.25, -0.2) is 0 Å². The van der Waals surface area contributed by atoms with Gasteiger partial charge in [-0.1, -0.05) is 0 Å². The van der Waals surface area contributed by atoms with Gasteiger partial charge in [-0.05, 0) is 57.3 Å². The summed E-state index contributed by atoms with van der Waals surface area (Å²) in [6.07, 6.45) is 7.73. The van der Waals surface area contributed by atoms with Crippen molar-refractivity contribution in [3.05, 3.63) is 0 Å². The molecule has 26 heavy (non-hydrogen) atoms. The van der Waals surface area contributed by atoms with Crippen LogP contribution in [0.1, 0.15) is 51.4 Å². The Bertz CT molecular complexity index is 445. The van der Waals surface area contributed by atoms with E-state index in [9.17, 15) is 15.0 Å². The summed E-state index contributed by atoms with van der Waals surface area (Å²) in [5.74, 6) is 1.09. The third-order valence-electron chi connectivity index (χ3n) is 6.78. The van der Waals surface area contributed by atoms with Crippen LogP contribution >= 0.6 is 0 Å². The zero-order valence-corrected chi connectivity index (χ0v) is 16.2. The van der Waals surface area contributed by atoms with Crippen LogP contribution in [0.15, 0.2) is 0 Å². The Kier molecular flexibility index (Phi) is 7.32. The second-order valence-electron chi connectivity index (χ2n) is 8.50. The van der Waals surface area contributed by atoms with E-state index in [2.05, 4.69) is 9.80 Å². The minimum atomic E-state index is -0.262. The molecule has 6 nitrogen and oxygen atoms in total. The first-order valence-corrected chi connectivity index (χ1v) is 10.4. The van der Waals surface area contributed by atoms with Gasteiger partial charge in [0, 0.05) is 45.2 Å². The highest BCUT2D eigenvalue weighted by Crippen LogP contribution is 2.30. The smallest absolute Gasteiger partial charge is 0.225 e. The molecule has 0 aromatic carbocycles. The van der Waals surface area contributed by atoms with E-state index in [1.165, 1.54) is 0 Å². The lowest BCUT2D eigenvalue weighted by Gasteiger charge is -2.41. The SMILES string of the molecule is COC1CCC(C(=O)N2CCC(CN3C[C@H](O)CC[C@@H]3CO)CC2)CC1. The minimum absolute atomic E-state index is 0.175. The average molecular weight is 369 g/mol. The van der Waals surface area contributed by atoms with E-state index in [0.29, 0.717) is 24.5 Å². The normalized spacial score (nSPS) is 34.8. The molecule has 1 aliphatic carbocycles. The second kappa shape index (κ2) is 9.49. The Balaban J connectivity index is 1.43. The summed E-state index contributed by atoms with van der Waals surface area (Å²) in [6, 6.07) is 0.189. The maximum Gasteiger partial charge on any atom is 0.225 e. The summed E-state index contributed by atoms with van der Waals surface area (Å²) >= 11 is 0. The molecule has 2 saturated heterocycles. The van der Waals surface area contributed by atoms with Crippen molar-refractivity contribution in [2.45, 2.75) is 69.6 Å². The summed E-state index contributed by atoms with van der Waals surface area (Å²) in [5, 5.41) is 19.5. The van der Waals surface area contributed by atoms with Crippen LogP contribution in [0, 0.1) is 11.8 Å². The zero-order valence-electron chi connectivity index (χ0n) is 16.2. The van der Waals surface area contributed by atoms with Crippen LogP contribution in [-0.2, 0) is 9.53 Å². The van der Waals surface area contributed by atoms with Crippen molar-refractivity contribution in [1.82, 2.24) is 9.80 Å². The molecule has 0 aromatic heterocycles. The number of aliphatic hydroxyl groups is 2. The van der Waals surface area contributed by atoms with E-state index in [1.807, 2.05) is 0 Å². The highest BCUT2D eigenvalue weighted by atomic mass is 16.5. The fourth-order valence-corrected chi connectivity index (χ4v) is 4.98. The summed E-state index contributed by atoms with van der Waals surface area (Å²) in [7, 11) is 1.76. The van der Waals surface area contributed by atoms with Crippen LogP contribution in [0.5, 0.6) is 0 Å². The molecule has 2 atom stereocenters. The Morgan fingerprint density at radius 2 is 1.73 bits per heavy atom. The number of hydrogen-bond donors (Lipinski definition) is 2. The molecule has 3 rings (SSSR count). The van der Waals surface area contributed by atoms with Gasteiger partial charge in [0.25, 0.3) is 0 Å². The number of β-amino-alcohol motifs (C(OH)–C–C–N with tert-alkyl or cyclic N) is 1. The highest BCUT2D eigenvalue weighted by molar-refractivity contribution is 5.79. The summed E-state index contributed by atoms with van der Waals surface area (Å²) in [5.41, 5.74) is 0. The van der Waals surface area contributed by atoms with Gasteiger partial charge in [-0.3, -0.25) is 9.69 Å². The Hall–Kier alpha value is -0.690. The Morgan fingerprint density at radius 3 is 2.35 bits per heavy atom. The number of likely N-dealkylation sites (tertiary alicyclic amines) is 2. The van der Waals surface area contributed by atoms with Crippen LogP contribution < -0.4 is 0 Å². The number of rotatable bonds is 5. The van der Waals surface area contributed by atoms with Gasteiger partial charge in [-0.15, -0.1) is 0 Å². The number of hydrogen-bond acceptors (Lipinski definition) is 5. The molecule has 0 bridgehead atoms. The lowest BCUT2D eigenvalue weighted by atomic mass is 9.85. The van der Waals surface area contributed by atoms with Gasteiger partial charge in [0.05, 0.1) is 18.8 Å². The zero-order chi connectivity index (χ0) is 18.5. The summed E-state index contributed by atoms with van der Waals surface area (Å²) in [4.78, 5) is 17.1. The van der Waals surface area contributed by atoms with Crippen molar-refractivity contribution in [3.63, 3.8) is 0 Å². The third-order valence-corrected chi connectivity index (χ3v) is 6.78. The third kappa shape index (κ3) is 4.97. The number of aliphatic hydroxyl groups excluding tert-OH is 2. The van der Waals surface area contributed by atoms with Crippen LogP contribution in [-0.4, -0.2) is 84.1 Å². The molecule has 2 heterocycles. The average Bonchev–Trinajstić information content (AvgIpc) is 2.68. The predicted molar refractivity (Wildman–Crippen MR) is 99.7 cm³/mol. The number of carbonyl (C=O) groups is 1. The molecule has 3 fully saturated rings. The number of nitrogens with zero attached hydrogens (tertiary/aromatic N) is 2. The molecule has 3 aliphatic rings. The van der Waals surface area contributed by atoms with Crippen LogP contribution in [0.4, 0.5) is 0 Å². The van der Waals surface area contributed by atoms with Gasteiger partial charge in [0.1, 0.15) is 0 Å². The minimum Gasteiger partial charge on any atom is -0.395 e. The quantitative estimate of drug-likeness (QED) is 0.764. The molecule has 2 aliphatic heterocycles. The van der Waals surface area contributed by atoms with Crippen molar-refractivity contribution in [2.24, 2.45) is 11.8 Å². The van der Waals surface area contributed by atoms with Gasteiger partial charge in [-0.2, -0.15) is 0 Å². The van der Waals surface area contributed by atoms with Gasteiger partial charge < -0.3 is 19.8 Å². The van der Waals surface area contributed by atoms with Gasteiger partial charge >= 0.3 is 0 Å². The maximum absolute atomic E-state index is 12.8. The van der Waals surface area contributed by atoms with E-state index in [0.717, 1.165) is 71.0 Å². The van der Waals surface area contributed by atoms with Crippen molar-refractivity contribution in [3.8, 4) is 0 Å². The number of amides is 1. The van der Waals surface area contributed by atoms with Crippen molar-refractivity contribution in [1.29, 1.82) is 0 Å². The maximum atomic E-state index is 12.8. The number of ether oxygens (including phenoxy) is 1. The first kappa shape index (κ1) is 20.1. The van der Waals surface area contributed by atoms with Crippen molar-refractivity contribution in [2.75, 3.05) is 39.9 Å². The topological polar surface area (TPSA) is 73.2 Å². The van der Waals surface area contributed by atoms with Crippen LogP contribution in [0.2, 0.25) is 0 Å². The molecular weight excluding hydrogens is 332 g/mol. The van der Waals surface area contributed by atoms with Crippen LogP contribution in [0.3, 0.4) is 0 Å². The molecule has 6 heteroatoms. The Labute approximate surface area is 157 Å². The number of piperidine rings is 2. The lowest BCUT2D eigenvalue weighted by Crippen LogP contribution is -2.51. The van der Waals surface area contributed by atoms with E-state index in [1.54, 1.807) is 7.11 Å². The molecule has 0 spiro atoms. The largest absolute Gasteiger partial charge is 0.395 e. The molecular formula is C20H36N2O4. The van der Waals surface area contributed by atoms with Crippen molar-refractivity contribution < 1.29 is 19.7 Å². The number of carbonyl (C=O) groups excluding carboxylic acids is 1. The Morgan fingerprint density at radius 1 is 1.04 bits per heavy atom. The van der Waals surface area contributed by atoms with Crippen molar-refractivity contribution >= 4 is 5.91 Å². The van der Waals surface area contributed by atoms with E-state index in [-0.39, 0.29) is 24.7 Å². The monoisotopic (exact) mass is 368 g/mol. The summed E-state index contributed by atoms with van der Waals surface area (Å²) < 4.78 is 5.41. The lowest BCUT2D eigenvalue weighted by molar-refractivity contribution is -0.139. The van der Waals surface area contributed by atoms with Gasteiger partial charge in [0.15, 0.2) is 0 Å². The highest BCUT2D eigenvalue weighted by Gasteiger charge is 2.33. The fraction of sp³-hybridized carbons (Fsp3) is 0.950. The van der Waals surface area contributed by atoms with E-state index >= 15 is 0 Å². The molecule has 0 radical (unpaired) electrons. The van der Waals surface area contributed by atoms with E-state index < -0.39 is 0 Å². The molecule has 150 valence electrons. The van der Waals surface area contributed by atoms with E-state index in [4.69, 9.17) is 4.74 Å². The molecule has 1 amide bonds. The molecule has 0 aromatic rings. The van der Waals surface area contributed by atoms with Gasteiger partial charge in [0.2, 0.25) is 5.91 Å². The fourth-order valence-electron chi connectivity index (χ4n) is 4.98. The summed E-state index contributed by atoms with van der Waals surface area (Å²) in [6.45, 7) is 3.49. The molecule has 2 N–H and O–H groups in total. The first-order valence-electron chi connectivity index (χ1n) is 10.4. The standard InChI is InChI=1S/C20H36N2O4/c1-26-19-6-2-16(3-7-19)20(25)21-10-8-15(9-11-21)12-22-13-18(24)5-4-17(22)14-23/h15-19,23-24H,2-14H2,1H3/t16?,17-,18-,19?/m1/s1. The molecule has 0 unspecified atom stereocenters. The predicted octanol–water partition coefficient (Wildman–Crippen LogP) is 1.25. The van der Waals surface area contributed by atoms with Crippen LogP contribution in [0.25, 0.3) is 0 Å².